The molecule has 1 aliphatic rings. The molecule has 7 N–H and O–H groups in total. The Morgan fingerprint density at radius 3 is 2.26 bits per heavy atom. The maximum atomic E-state index is 12.9. The number of benzene rings is 1. The van der Waals surface area contributed by atoms with Crippen molar-refractivity contribution in [3.63, 3.8) is 0 Å². The molecule has 23 heavy (non-hydrogen) atoms. The fourth-order valence-corrected chi connectivity index (χ4v) is 1.78. The Morgan fingerprint density at radius 1 is 1.09 bits per heavy atom. The number of aliphatic hydroxyl groups is 3. The minimum absolute atomic E-state index is 0.201. The van der Waals surface area contributed by atoms with Crippen LogP contribution in [0.15, 0.2) is 51.5 Å². The van der Waals surface area contributed by atoms with E-state index in [1.807, 2.05) is 0 Å². The highest BCUT2D eigenvalue weighted by Crippen LogP contribution is 2.35. The third-order valence-electron chi connectivity index (χ3n) is 2.88. The summed E-state index contributed by atoms with van der Waals surface area (Å²) in [6.45, 7) is 0. The summed E-state index contributed by atoms with van der Waals surface area (Å²) in [5, 5.41) is 43.5. The van der Waals surface area contributed by atoms with Gasteiger partial charge >= 0.3 is 6.18 Å². The van der Waals surface area contributed by atoms with Crippen LogP contribution in [0.5, 0.6) is 0 Å². The molecular weight excluding hydrogens is 319 g/mol. The second-order valence-corrected chi connectivity index (χ2v) is 4.41. The summed E-state index contributed by atoms with van der Waals surface area (Å²) in [7, 11) is 0. The Kier molecular flexibility index (Phi) is 3.87. The van der Waals surface area contributed by atoms with Crippen LogP contribution < -0.4 is 11.2 Å². The molecule has 1 aromatic carbocycles. The number of nitrogens with zero attached hydrogens (tertiary/aromatic N) is 2. The molecule has 0 spiro atoms. The van der Waals surface area contributed by atoms with Crippen LogP contribution in [-0.4, -0.2) is 21.2 Å². The molecule has 0 aliphatic heterocycles. The topological polar surface area (TPSA) is 147 Å². The van der Waals surface area contributed by atoms with Gasteiger partial charge in [-0.05, 0) is 18.2 Å². The van der Waals surface area contributed by atoms with Crippen molar-refractivity contribution in [3.05, 3.63) is 52.3 Å². The molecule has 0 heterocycles. The predicted octanol–water partition coefficient (Wildman–Crippen LogP) is 2.88. The number of amidine groups is 1. The van der Waals surface area contributed by atoms with E-state index < -0.39 is 34.9 Å². The van der Waals surface area contributed by atoms with E-state index in [4.69, 9.17) is 16.4 Å². The summed E-state index contributed by atoms with van der Waals surface area (Å²) >= 11 is 0. The van der Waals surface area contributed by atoms with Gasteiger partial charge in [0.2, 0.25) is 5.76 Å². The maximum absolute atomic E-state index is 12.9. The molecule has 0 unspecified atom stereocenters. The second kappa shape index (κ2) is 5.51. The molecule has 122 valence electrons. The quantitative estimate of drug-likeness (QED) is 0.166. The lowest BCUT2D eigenvalue weighted by Crippen LogP contribution is -2.19. The highest BCUT2D eigenvalue weighted by molar-refractivity contribution is 5.97. The van der Waals surface area contributed by atoms with Gasteiger partial charge < -0.3 is 26.5 Å². The third kappa shape index (κ3) is 3.02. The zero-order valence-corrected chi connectivity index (χ0v) is 11.2. The van der Waals surface area contributed by atoms with Crippen molar-refractivity contribution in [2.45, 2.75) is 6.18 Å². The average Bonchev–Trinajstić information content (AvgIpc) is 2.50. The SMILES string of the molecule is N=C(N=NN)c1cc(NC2=C(O)C(O)=C2O)cc(C(F)(F)F)c1. The molecule has 0 amide bonds. The lowest BCUT2D eigenvalue weighted by molar-refractivity contribution is -0.137. The van der Waals surface area contributed by atoms with Gasteiger partial charge in [-0.1, -0.05) is 5.22 Å². The monoisotopic (exact) mass is 329 g/mol. The minimum Gasteiger partial charge on any atom is -0.503 e. The van der Waals surface area contributed by atoms with Gasteiger partial charge in [0.1, 0.15) is 5.70 Å². The summed E-state index contributed by atoms with van der Waals surface area (Å²) in [6, 6.07) is 2.47. The number of alkyl halides is 3. The summed E-state index contributed by atoms with van der Waals surface area (Å²) in [4.78, 5) is 0. The van der Waals surface area contributed by atoms with E-state index in [0.717, 1.165) is 6.07 Å². The van der Waals surface area contributed by atoms with Crippen LogP contribution in [0.25, 0.3) is 0 Å². The van der Waals surface area contributed by atoms with Crippen molar-refractivity contribution >= 4 is 11.5 Å². The lowest BCUT2D eigenvalue weighted by atomic mass is 10.1. The highest BCUT2D eigenvalue weighted by Gasteiger charge is 2.33. The van der Waals surface area contributed by atoms with Crippen LogP contribution in [0.1, 0.15) is 11.1 Å². The molecule has 0 aromatic heterocycles. The van der Waals surface area contributed by atoms with Crippen molar-refractivity contribution in [2.75, 3.05) is 5.32 Å². The van der Waals surface area contributed by atoms with E-state index in [1.165, 1.54) is 0 Å². The zero-order valence-electron chi connectivity index (χ0n) is 11.2. The summed E-state index contributed by atoms with van der Waals surface area (Å²) in [5.74, 6) is 1.98. The number of nitrogens with two attached hydrogens (primary N) is 1. The van der Waals surface area contributed by atoms with E-state index in [9.17, 15) is 23.4 Å². The van der Waals surface area contributed by atoms with Gasteiger partial charge in [-0.25, -0.2) is 0 Å². The van der Waals surface area contributed by atoms with Crippen LogP contribution in [0, 0.1) is 5.41 Å². The average molecular weight is 329 g/mol. The molecule has 1 aromatic rings. The number of hydrogen-bond donors (Lipinski definition) is 6. The molecule has 0 saturated heterocycles. The van der Waals surface area contributed by atoms with E-state index in [2.05, 4.69) is 15.7 Å². The molecule has 8 nitrogen and oxygen atoms in total. The largest absolute Gasteiger partial charge is 0.503 e. The molecule has 2 rings (SSSR count). The van der Waals surface area contributed by atoms with Crippen LogP contribution in [0.3, 0.4) is 0 Å². The van der Waals surface area contributed by atoms with Gasteiger partial charge in [0.25, 0.3) is 0 Å². The number of nitrogens with one attached hydrogen (secondary N) is 2. The van der Waals surface area contributed by atoms with E-state index in [1.54, 1.807) is 0 Å². The lowest BCUT2D eigenvalue weighted by Gasteiger charge is -2.21. The molecule has 1 aliphatic carbocycles. The molecule has 0 bridgehead atoms. The Morgan fingerprint density at radius 2 is 1.74 bits per heavy atom. The summed E-state index contributed by atoms with van der Waals surface area (Å²) in [5.41, 5.74) is -1.89. The highest BCUT2D eigenvalue weighted by atomic mass is 19.4. The minimum atomic E-state index is -4.71. The van der Waals surface area contributed by atoms with E-state index in [0.29, 0.717) is 12.1 Å². The van der Waals surface area contributed by atoms with Crippen molar-refractivity contribution in [1.82, 2.24) is 0 Å². The van der Waals surface area contributed by atoms with Crippen molar-refractivity contribution < 1.29 is 28.5 Å². The number of anilines is 1. The Bertz CT molecular complexity index is 768. The second-order valence-electron chi connectivity index (χ2n) is 4.41. The predicted molar refractivity (Wildman–Crippen MR) is 72.9 cm³/mol. The molecule has 0 fully saturated rings. The summed E-state index contributed by atoms with van der Waals surface area (Å²) < 4.78 is 38.7. The third-order valence-corrected chi connectivity index (χ3v) is 2.88. The standard InChI is InChI=1S/C12H10F3N5O3/c13-12(14,15)5-1-4(11(16)19-20-17)2-6(3-5)18-7-8(21)10(23)9(7)22/h1-3,18,21-23H,(H3,16,17,19). The van der Waals surface area contributed by atoms with Gasteiger partial charge in [0, 0.05) is 11.3 Å². The Balaban J connectivity index is 2.44. The first kappa shape index (κ1) is 16.1. The molecule has 11 heteroatoms. The zero-order chi connectivity index (χ0) is 17.4. The van der Waals surface area contributed by atoms with Gasteiger partial charge in [-0.2, -0.15) is 13.2 Å². The van der Waals surface area contributed by atoms with Crippen LogP contribution >= 0.6 is 0 Å². The molecular formula is C12H10F3N5O3. The van der Waals surface area contributed by atoms with Crippen LogP contribution in [-0.2, 0) is 6.18 Å². The van der Waals surface area contributed by atoms with Crippen molar-refractivity contribution in [3.8, 4) is 0 Å². The number of hydrogen-bond acceptors (Lipinski definition) is 6. The number of rotatable bonds is 3. The van der Waals surface area contributed by atoms with Crippen LogP contribution in [0.4, 0.5) is 18.9 Å². The smallest absolute Gasteiger partial charge is 0.416 e. The molecule has 0 radical (unpaired) electrons. The Hall–Kier alpha value is -3.24. The van der Waals surface area contributed by atoms with Crippen molar-refractivity contribution in [2.24, 2.45) is 16.2 Å². The van der Waals surface area contributed by atoms with Gasteiger partial charge in [0.15, 0.2) is 17.4 Å². The fraction of sp³-hybridized carbons (Fsp3) is 0.0833. The Labute approximate surface area is 126 Å². The first-order valence-electron chi connectivity index (χ1n) is 5.90. The summed E-state index contributed by atoms with van der Waals surface area (Å²) in [6.07, 6.45) is -4.71. The number of aliphatic hydroxyl groups excluding tert-OH is 3. The fourth-order valence-electron chi connectivity index (χ4n) is 1.78. The van der Waals surface area contributed by atoms with Crippen molar-refractivity contribution in [1.29, 1.82) is 5.41 Å². The normalized spacial score (nSPS) is 15.1. The van der Waals surface area contributed by atoms with Gasteiger partial charge in [-0.15, -0.1) is 5.11 Å². The van der Waals surface area contributed by atoms with Crippen LogP contribution in [0.2, 0.25) is 0 Å². The van der Waals surface area contributed by atoms with E-state index >= 15 is 0 Å². The van der Waals surface area contributed by atoms with Gasteiger partial charge in [0.05, 0.1) is 5.56 Å². The molecule has 0 atom stereocenters. The van der Waals surface area contributed by atoms with Gasteiger partial charge in [-0.3, -0.25) is 5.41 Å². The number of halogens is 3. The maximum Gasteiger partial charge on any atom is 0.416 e. The molecule has 0 saturated carbocycles. The first-order chi connectivity index (χ1) is 10.6. The first-order valence-corrected chi connectivity index (χ1v) is 5.90. The van der Waals surface area contributed by atoms with E-state index in [-0.39, 0.29) is 16.9 Å².